The molecule has 0 amide bonds. The summed E-state index contributed by atoms with van der Waals surface area (Å²) >= 11 is 1.58. The number of nitrogens with one attached hydrogen (secondary N) is 1. The highest BCUT2D eigenvalue weighted by Gasteiger charge is 2.34. The summed E-state index contributed by atoms with van der Waals surface area (Å²) in [5, 5.41) is 16.4. The molecule has 29 heavy (non-hydrogen) atoms. The number of nitriles is 1. The van der Waals surface area contributed by atoms with Crippen LogP contribution in [-0.4, -0.2) is 5.78 Å². The number of nitrogens with zero attached hydrogens (tertiary/aromatic N) is 1. The molecule has 4 nitrogen and oxygen atoms in total. The third-order valence-electron chi connectivity index (χ3n) is 5.11. The molecule has 0 bridgehead atoms. The molecular weight excluding hydrogens is 380 g/mol. The summed E-state index contributed by atoms with van der Waals surface area (Å²) in [5.41, 5.74) is 3.05. The Morgan fingerprint density at radius 3 is 2.69 bits per heavy atom. The lowest BCUT2D eigenvalue weighted by Gasteiger charge is -2.27. The number of ketones is 1. The molecular formula is C24H20N2O2S. The third kappa shape index (κ3) is 3.59. The lowest BCUT2D eigenvalue weighted by atomic mass is 9.84. The number of dihydropyridines is 1. The fraction of sp³-hybridized carbons (Fsp3) is 0.167. The van der Waals surface area contributed by atoms with E-state index in [2.05, 4.69) is 41.7 Å². The van der Waals surface area contributed by atoms with Crippen LogP contribution in [0.5, 0.6) is 0 Å². The normalized spacial score (nSPS) is 16.7. The Balaban J connectivity index is 1.71. The average Bonchev–Trinajstić information content (AvgIpc) is 3.25. The maximum Gasteiger partial charge on any atom is 0.158 e. The van der Waals surface area contributed by atoms with Gasteiger partial charge in [-0.25, -0.2) is 0 Å². The van der Waals surface area contributed by atoms with Gasteiger partial charge in [0.2, 0.25) is 0 Å². The van der Waals surface area contributed by atoms with Gasteiger partial charge in [0.25, 0.3) is 0 Å². The molecule has 1 atom stereocenters. The van der Waals surface area contributed by atoms with E-state index in [1.807, 2.05) is 25.1 Å². The van der Waals surface area contributed by atoms with Gasteiger partial charge in [-0.1, -0.05) is 42.5 Å². The second-order valence-corrected chi connectivity index (χ2v) is 7.94. The molecule has 1 N–H and O–H groups in total. The minimum atomic E-state index is -0.483. The van der Waals surface area contributed by atoms with Crippen molar-refractivity contribution in [1.82, 2.24) is 5.32 Å². The largest absolute Gasteiger partial charge is 0.468 e. The molecule has 0 spiro atoms. The molecule has 1 aliphatic rings. The Kier molecular flexibility index (Phi) is 5.28. The Morgan fingerprint density at radius 2 is 1.97 bits per heavy atom. The van der Waals surface area contributed by atoms with E-state index in [0.717, 1.165) is 10.7 Å². The van der Waals surface area contributed by atoms with Crippen LogP contribution in [0.1, 0.15) is 31.1 Å². The van der Waals surface area contributed by atoms with Gasteiger partial charge >= 0.3 is 0 Å². The second-order valence-electron chi connectivity index (χ2n) is 6.95. The highest BCUT2D eigenvalue weighted by Crippen LogP contribution is 2.41. The highest BCUT2D eigenvalue weighted by molar-refractivity contribution is 8.02. The number of fused-ring (bicyclic) bond motifs is 1. The summed E-state index contributed by atoms with van der Waals surface area (Å²) in [6.45, 7) is 3.40. The van der Waals surface area contributed by atoms with Crippen molar-refractivity contribution in [2.75, 3.05) is 0 Å². The van der Waals surface area contributed by atoms with Crippen molar-refractivity contribution < 1.29 is 9.21 Å². The third-order valence-corrected chi connectivity index (χ3v) is 6.17. The summed E-state index contributed by atoms with van der Waals surface area (Å²) in [7, 11) is 0. The van der Waals surface area contributed by atoms with Gasteiger partial charge in [0.05, 0.1) is 28.9 Å². The number of thioether (sulfide) groups is 1. The van der Waals surface area contributed by atoms with Crippen LogP contribution in [-0.2, 0) is 10.5 Å². The lowest BCUT2D eigenvalue weighted by Crippen LogP contribution is -2.26. The molecule has 1 aliphatic heterocycles. The number of Topliss-reactive ketones (excluding diaryl/α,β-unsaturated/α-hetero) is 1. The summed E-state index contributed by atoms with van der Waals surface area (Å²) in [6.07, 6.45) is 1.57. The molecule has 0 unspecified atom stereocenters. The van der Waals surface area contributed by atoms with E-state index >= 15 is 0 Å². The Bertz CT molecular complexity index is 1180. The first-order valence-electron chi connectivity index (χ1n) is 9.36. The lowest BCUT2D eigenvalue weighted by molar-refractivity contribution is -0.113. The van der Waals surface area contributed by atoms with Gasteiger partial charge in [-0.05, 0) is 42.3 Å². The Hall–Kier alpha value is -3.23. The van der Waals surface area contributed by atoms with Gasteiger partial charge in [0.15, 0.2) is 5.78 Å². The van der Waals surface area contributed by atoms with Crippen LogP contribution >= 0.6 is 11.8 Å². The molecule has 5 heteroatoms. The molecule has 0 saturated carbocycles. The van der Waals surface area contributed by atoms with Crippen LogP contribution in [0.4, 0.5) is 0 Å². The topological polar surface area (TPSA) is 66.0 Å². The predicted molar refractivity (Wildman–Crippen MR) is 116 cm³/mol. The van der Waals surface area contributed by atoms with Crippen molar-refractivity contribution in [3.05, 3.63) is 94.1 Å². The maximum atomic E-state index is 12.3. The summed E-state index contributed by atoms with van der Waals surface area (Å²) in [4.78, 5) is 12.3. The number of hydrogen-bond acceptors (Lipinski definition) is 5. The van der Waals surface area contributed by atoms with Crippen LogP contribution < -0.4 is 5.32 Å². The number of carbonyl (C=O) groups is 1. The van der Waals surface area contributed by atoms with Gasteiger partial charge in [0.1, 0.15) is 5.76 Å². The molecule has 2 heterocycles. The van der Waals surface area contributed by atoms with Crippen LogP contribution in [0.2, 0.25) is 0 Å². The van der Waals surface area contributed by atoms with Gasteiger partial charge in [-0.2, -0.15) is 5.26 Å². The second kappa shape index (κ2) is 8.02. The van der Waals surface area contributed by atoms with E-state index in [1.54, 1.807) is 24.1 Å². The molecule has 0 aliphatic carbocycles. The van der Waals surface area contributed by atoms with Gasteiger partial charge < -0.3 is 9.73 Å². The Labute approximate surface area is 173 Å². The van der Waals surface area contributed by atoms with Crippen LogP contribution in [0.3, 0.4) is 0 Å². The maximum absolute atomic E-state index is 12.3. The van der Waals surface area contributed by atoms with E-state index < -0.39 is 5.92 Å². The quantitative estimate of drug-likeness (QED) is 0.599. The molecule has 0 radical (unpaired) electrons. The summed E-state index contributed by atoms with van der Waals surface area (Å²) < 4.78 is 5.59. The summed E-state index contributed by atoms with van der Waals surface area (Å²) in [6, 6.07) is 20.5. The molecule has 4 rings (SSSR count). The predicted octanol–water partition coefficient (Wildman–Crippen LogP) is 5.65. The SMILES string of the molecule is CC(=O)C1=C(C)NC(SCc2cccc3ccccc23)=C(C#N)[C@H]1c1ccco1. The number of hydrogen-bond donors (Lipinski definition) is 1. The summed E-state index contributed by atoms with van der Waals surface area (Å²) in [5.74, 6) is 0.768. The molecule has 3 aromatic rings. The zero-order valence-corrected chi connectivity index (χ0v) is 17.0. The zero-order valence-electron chi connectivity index (χ0n) is 16.2. The highest BCUT2D eigenvalue weighted by atomic mass is 32.2. The first kappa shape index (κ1) is 19.1. The van der Waals surface area contributed by atoms with Crippen molar-refractivity contribution in [3.8, 4) is 6.07 Å². The van der Waals surface area contributed by atoms with Crippen LogP contribution in [0.15, 0.2) is 87.1 Å². The number of benzene rings is 2. The van der Waals surface area contributed by atoms with Crippen molar-refractivity contribution in [3.63, 3.8) is 0 Å². The van der Waals surface area contributed by atoms with E-state index in [9.17, 15) is 10.1 Å². The van der Waals surface area contributed by atoms with Crippen molar-refractivity contribution in [2.24, 2.45) is 0 Å². The fourth-order valence-electron chi connectivity index (χ4n) is 3.80. The Morgan fingerprint density at radius 1 is 1.17 bits per heavy atom. The van der Waals surface area contributed by atoms with E-state index in [4.69, 9.17) is 4.42 Å². The number of furan rings is 1. The number of carbonyl (C=O) groups excluding carboxylic acids is 1. The van der Waals surface area contributed by atoms with Crippen LogP contribution in [0.25, 0.3) is 10.8 Å². The molecule has 0 saturated heterocycles. The minimum absolute atomic E-state index is 0.0674. The molecule has 144 valence electrons. The zero-order chi connectivity index (χ0) is 20.4. The minimum Gasteiger partial charge on any atom is -0.468 e. The molecule has 2 aromatic carbocycles. The van der Waals surface area contributed by atoms with Crippen molar-refractivity contribution in [2.45, 2.75) is 25.5 Å². The first-order chi connectivity index (χ1) is 14.1. The van der Waals surface area contributed by atoms with Gasteiger partial charge in [-0.15, -0.1) is 11.8 Å². The van der Waals surface area contributed by atoms with E-state index in [0.29, 0.717) is 22.7 Å². The fourth-order valence-corrected chi connectivity index (χ4v) is 4.90. The number of rotatable bonds is 5. The standard InChI is InChI=1S/C24H20N2O2S/c1-15-22(16(2)27)23(21-11-6-12-28-21)20(13-25)24(26-15)29-14-18-9-5-8-17-7-3-4-10-19(17)18/h3-12,23,26H,14H2,1-2H3/t23-/m0/s1. The van der Waals surface area contributed by atoms with Crippen LogP contribution in [0, 0.1) is 11.3 Å². The van der Waals surface area contributed by atoms with Crippen molar-refractivity contribution >= 4 is 28.3 Å². The van der Waals surface area contributed by atoms with Gasteiger partial charge in [-0.3, -0.25) is 4.79 Å². The number of allylic oxidation sites excluding steroid dienone is 3. The van der Waals surface area contributed by atoms with Crippen molar-refractivity contribution in [1.29, 1.82) is 5.26 Å². The monoisotopic (exact) mass is 400 g/mol. The van der Waals surface area contributed by atoms with E-state index in [1.165, 1.54) is 23.3 Å². The van der Waals surface area contributed by atoms with Gasteiger partial charge in [0, 0.05) is 17.0 Å². The van der Waals surface area contributed by atoms with E-state index in [-0.39, 0.29) is 5.78 Å². The molecule has 1 aromatic heterocycles. The smallest absolute Gasteiger partial charge is 0.158 e. The first-order valence-corrected chi connectivity index (χ1v) is 10.3. The average molecular weight is 401 g/mol. The molecule has 0 fully saturated rings.